The zero-order valence-corrected chi connectivity index (χ0v) is 16.4. The van der Waals surface area contributed by atoms with Crippen LogP contribution in [0.4, 0.5) is 0 Å². The number of ether oxygens (including phenoxy) is 2. The minimum Gasteiger partial charge on any atom is -0.497 e. The van der Waals surface area contributed by atoms with Gasteiger partial charge in [0.2, 0.25) is 0 Å². The molecule has 0 aliphatic heterocycles. The average molecular weight is 421 g/mol. The van der Waals surface area contributed by atoms with Crippen LogP contribution in [-0.4, -0.2) is 32.8 Å². The highest BCUT2D eigenvalue weighted by atomic mass is 127. The Balaban J connectivity index is 0.00000441. The van der Waals surface area contributed by atoms with Crippen molar-refractivity contribution in [2.24, 2.45) is 4.99 Å². The molecule has 126 valence electrons. The number of methoxy groups -OCH3 is 2. The fraction of sp³-hybridized carbons (Fsp3) is 0.562. The molecule has 0 aliphatic carbocycles. The third-order valence-electron chi connectivity index (χ3n) is 3.24. The highest BCUT2D eigenvalue weighted by Crippen LogP contribution is 2.25. The fourth-order valence-electron chi connectivity index (χ4n) is 1.80. The van der Waals surface area contributed by atoms with E-state index in [0.717, 1.165) is 36.0 Å². The van der Waals surface area contributed by atoms with E-state index in [1.807, 2.05) is 18.2 Å². The van der Waals surface area contributed by atoms with Crippen LogP contribution >= 0.6 is 24.0 Å². The molecule has 0 bridgehead atoms. The van der Waals surface area contributed by atoms with Crippen molar-refractivity contribution in [3.63, 3.8) is 0 Å². The Bertz CT molecular complexity index is 467. The van der Waals surface area contributed by atoms with Crippen LogP contribution in [0.25, 0.3) is 0 Å². The largest absolute Gasteiger partial charge is 0.497 e. The summed E-state index contributed by atoms with van der Waals surface area (Å²) in [5, 5.41) is 6.62. The molecule has 0 amide bonds. The van der Waals surface area contributed by atoms with Gasteiger partial charge in [0.1, 0.15) is 11.5 Å². The van der Waals surface area contributed by atoms with Gasteiger partial charge in [-0.05, 0) is 32.4 Å². The topological polar surface area (TPSA) is 54.9 Å². The van der Waals surface area contributed by atoms with Gasteiger partial charge < -0.3 is 20.1 Å². The van der Waals surface area contributed by atoms with Gasteiger partial charge in [-0.2, -0.15) is 0 Å². The monoisotopic (exact) mass is 421 g/mol. The SMILES string of the molecule is CCNC(=NCc1ccc(OC)cc1OC)NC(C)CC.I. The summed E-state index contributed by atoms with van der Waals surface area (Å²) in [5.41, 5.74) is 1.03. The molecule has 0 aliphatic rings. The molecule has 0 aromatic heterocycles. The third kappa shape index (κ3) is 6.72. The molecular weight excluding hydrogens is 393 g/mol. The zero-order valence-electron chi connectivity index (χ0n) is 14.1. The fourth-order valence-corrected chi connectivity index (χ4v) is 1.80. The van der Waals surface area contributed by atoms with Crippen LogP contribution in [0, 0.1) is 0 Å². The van der Waals surface area contributed by atoms with E-state index in [1.165, 1.54) is 0 Å². The highest BCUT2D eigenvalue weighted by Gasteiger charge is 2.06. The second-order valence-corrected chi connectivity index (χ2v) is 4.83. The molecule has 0 fully saturated rings. The van der Waals surface area contributed by atoms with Crippen LogP contribution in [0.3, 0.4) is 0 Å². The number of halogens is 1. The molecular formula is C16H28IN3O2. The molecule has 2 N–H and O–H groups in total. The first-order valence-corrected chi connectivity index (χ1v) is 7.40. The van der Waals surface area contributed by atoms with Gasteiger partial charge in [0.05, 0.1) is 20.8 Å². The number of rotatable bonds is 7. The first kappa shape index (κ1) is 20.8. The normalized spacial score (nSPS) is 12.1. The molecule has 1 aromatic rings. The van der Waals surface area contributed by atoms with Gasteiger partial charge in [0.15, 0.2) is 5.96 Å². The Morgan fingerprint density at radius 3 is 2.50 bits per heavy atom. The Hall–Kier alpha value is -1.18. The maximum Gasteiger partial charge on any atom is 0.191 e. The van der Waals surface area contributed by atoms with Crippen LogP contribution in [0.5, 0.6) is 11.5 Å². The van der Waals surface area contributed by atoms with E-state index in [0.29, 0.717) is 12.6 Å². The number of benzene rings is 1. The molecule has 0 saturated heterocycles. The van der Waals surface area contributed by atoms with Crippen molar-refractivity contribution in [1.29, 1.82) is 0 Å². The summed E-state index contributed by atoms with van der Waals surface area (Å²) >= 11 is 0. The van der Waals surface area contributed by atoms with Gasteiger partial charge in [-0.25, -0.2) is 4.99 Å². The summed E-state index contributed by atoms with van der Waals surface area (Å²) in [6.45, 7) is 7.73. The molecule has 0 spiro atoms. The standard InChI is InChI=1S/C16H27N3O2.HI/c1-6-12(3)19-16(17-7-2)18-11-13-8-9-14(20-4)10-15(13)21-5;/h8-10,12H,6-7,11H2,1-5H3,(H2,17,18,19);1H. The van der Waals surface area contributed by atoms with Crippen LogP contribution in [0.1, 0.15) is 32.8 Å². The third-order valence-corrected chi connectivity index (χ3v) is 3.24. The van der Waals surface area contributed by atoms with Crippen molar-refractivity contribution in [3.8, 4) is 11.5 Å². The van der Waals surface area contributed by atoms with Crippen LogP contribution < -0.4 is 20.1 Å². The number of nitrogens with zero attached hydrogens (tertiary/aromatic N) is 1. The number of aliphatic imine (C=N–C) groups is 1. The van der Waals surface area contributed by atoms with Gasteiger partial charge in [-0.3, -0.25) is 0 Å². The minimum absolute atomic E-state index is 0. The maximum absolute atomic E-state index is 5.39. The molecule has 22 heavy (non-hydrogen) atoms. The lowest BCUT2D eigenvalue weighted by atomic mass is 10.2. The molecule has 0 radical (unpaired) electrons. The van der Waals surface area contributed by atoms with Crippen LogP contribution in [0.15, 0.2) is 23.2 Å². The van der Waals surface area contributed by atoms with E-state index < -0.39 is 0 Å². The van der Waals surface area contributed by atoms with Crippen molar-refractivity contribution >= 4 is 29.9 Å². The maximum atomic E-state index is 5.39. The molecule has 0 saturated carbocycles. The lowest BCUT2D eigenvalue weighted by Gasteiger charge is -2.16. The Kier molecular flexibility index (Phi) is 10.8. The van der Waals surface area contributed by atoms with E-state index >= 15 is 0 Å². The van der Waals surface area contributed by atoms with E-state index in [9.17, 15) is 0 Å². The number of nitrogens with one attached hydrogen (secondary N) is 2. The number of hydrogen-bond donors (Lipinski definition) is 2. The summed E-state index contributed by atoms with van der Waals surface area (Å²) in [5.74, 6) is 2.39. The Labute approximate surface area is 150 Å². The number of guanidine groups is 1. The molecule has 1 atom stereocenters. The predicted octanol–water partition coefficient (Wildman–Crippen LogP) is 3.18. The van der Waals surface area contributed by atoms with Crippen molar-refractivity contribution < 1.29 is 9.47 Å². The first-order valence-electron chi connectivity index (χ1n) is 7.40. The summed E-state index contributed by atoms with van der Waals surface area (Å²) in [6.07, 6.45) is 1.05. The predicted molar refractivity (Wildman–Crippen MR) is 103 cm³/mol. The minimum atomic E-state index is 0. The molecule has 1 aromatic carbocycles. The first-order chi connectivity index (χ1) is 10.1. The van der Waals surface area contributed by atoms with E-state index in [-0.39, 0.29) is 24.0 Å². The van der Waals surface area contributed by atoms with E-state index in [1.54, 1.807) is 14.2 Å². The van der Waals surface area contributed by atoms with Crippen molar-refractivity contribution in [2.75, 3.05) is 20.8 Å². The van der Waals surface area contributed by atoms with Gasteiger partial charge in [0, 0.05) is 24.2 Å². The quantitative estimate of drug-likeness (QED) is 0.404. The molecule has 0 heterocycles. The van der Waals surface area contributed by atoms with Crippen LogP contribution in [-0.2, 0) is 6.54 Å². The zero-order chi connectivity index (χ0) is 15.7. The molecule has 6 heteroatoms. The molecule has 5 nitrogen and oxygen atoms in total. The van der Waals surface area contributed by atoms with E-state index in [2.05, 4.69) is 36.4 Å². The van der Waals surface area contributed by atoms with Gasteiger partial charge in [-0.1, -0.05) is 6.92 Å². The van der Waals surface area contributed by atoms with E-state index in [4.69, 9.17) is 9.47 Å². The smallest absolute Gasteiger partial charge is 0.191 e. The average Bonchev–Trinajstić information content (AvgIpc) is 2.52. The summed E-state index contributed by atoms with van der Waals surface area (Å²) in [7, 11) is 3.30. The Morgan fingerprint density at radius 2 is 1.95 bits per heavy atom. The van der Waals surface area contributed by atoms with Gasteiger partial charge in [0.25, 0.3) is 0 Å². The summed E-state index contributed by atoms with van der Waals surface area (Å²) in [4.78, 5) is 4.61. The lowest BCUT2D eigenvalue weighted by molar-refractivity contribution is 0.391. The van der Waals surface area contributed by atoms with Crippen molar-refractivity contribution in [3.05, 3.63) is 23.8 Å². The number of hydrogen-bond acceptors (Lipinski definition) is 3. The van der Waals surface area contributed by atoms with Crippen LogP contribution in [0.2, 0.25) is 0 Å². The lowest BCUT2D eigenvalue weighted by Crippen LogP contribution is -2.41. The summed E-state index contributed by atoms with van der Waals surface area (Å²) < 4.78 is 10.6. The molecule has 1 rings (SSSR count). The van der Waals surface area contributed by atoms with Gasteiger partial charge in [-0.15, -0.1) is 24.0 Å². The highest BCUT2D eigenvalue weighted by molar-refractivity contribution is 14.0. The molecule has 1 unspecified atom stereocenters. The van der Waals surface area contributed by atoms with Crippen molar-refractivity contribution in [1.82, 2.24) is 10.6 Å². The van der Waals surface area contributed by atoms with Gasteiger partial charge >= 0.3 is 0 Å². The second-order valence-electron chi connectivity index (χ2n) is 4.83. The Morgan fingerprint density at radius 1 is 1.23 bits per heavy atom. The van der Waals surface area contributed by atoms with Crippen molar-refractivity contribution in [2.45, 2.75) is 39.8 Å². The second kappa shape index (κ2) is 11.4. The summed E-state index contributed by atoms with van der Waals surface area (Å²) in [6, 6.07) is 6.16.